The van der Waals surface area contributed by atoms with Crippen LogP contribution in [0.2, 0.25) is 0 Å². The Hall–Kier alpha value is -2.76. The number of fused-ring (bicyclic) bond motifs is 1. The third-order valence-corrected chi connectivity index (χ3v) is 4.61. The van der Waals surface area contributed by atoms with Gasteiger partial charge in [0.25, 0.3) is 11.5 Å². The van der Waals surface area contributed by atoms with Gasteiger partial charge in [-0.2, -0.15) is 0 Å². The average molecular weight is 325 g/mol. The Morgan fingerprint density at radius 1 is 1.25 bits per heavy atom. The molecule has 0 spiro atoms. The first-order valence-corrected chi connectivity index (χ1v) is 8.26. The number of hydrogen-bond donors (Lipinski definition) is 2. The molecule has 1 saturated carbocycles. The fourth-order valence-corrected chi connectivity index (χ4v) is 3.40. The molecule has 2 aliphatic rings. The van der Waals surface area contributed by atoms with Crippen LogP contribution in [0.1, 0.15) is 37.3 Å². The molecule has 0 atom stereocenters. The molecule has 0 saturated heterocycles. The van der Waals surface area contributed by atoms with Crippen LogP contribution in [0.3, 0.4) is 0 Å². The Bertz CT molecular complexity index is 856. The maximum Gasteiger partial charge on any atom is 0.266 e. The molecule has 1 fully saturated rings. The Labute approximate surface area is 139 Å². The van der Waals surface area contributed by atoms with E-state index < -0.39 is 0 Å². The molecule has 124 valence electrons. The van der Waals surface area contributed by atoms with Crippen LogP contribution in [0.4, 0.5) is 5.82 Å². The molecule has 6 heteroatoms. The summed E-state index contributed by atoms with van der Waals surface area (Å²) in [5.41, 5.74) is 1.23. The first-order chi connectivity index (χ1) is 11.7. The summed E-state index contributed by atoms with van der Waals surface area (Å²) in [6.45, 7) is 0.223. The van der Waals surface area contributed by atoms with E-state index in [-0.39, 0.29) is 24.1 Å². The van der Waals surface area contributed by atoms with Crippen LogP contribution >= 0.6 is 0 Å². The number of rotatable bonds is 3. The van der Waals surface area contributed by atoms with E-state index in [4.69, 9.17) is 4.74 Å². The zero-order valence-corrected chi connectivity index (χ0v) is 13.2. The molecule has 1 amide bonds. The number of aromatic nitrogens is 2. The number of nitrogens with one attached hydrogen (secondary N) is 2. The van der Waals surface area contributed by atoms with Crippen molar-refractivity contribution in [1.29, 1.82) is 0 Å². The van der Waals surface area contributed by atoms with Crippen molar-refractivity contribution in [2.75, 3.05) is 11.9 Å². The highest BCUT2D eigenvalue weighted by Crippen LogP contribution is 2.31. The van der Waals surface area contributed by atoms with E-state index in [0.717, 1.165) is 37.0 Å². The molecule has 0 unspecified atom stereocenters. The number of nitrogens with zero attached hydrogens (tertiary/aromatic N) is 1. The van der Waals surface area contributed by atoms with Gasteiger partial charge in [-0.15, -0.1) is 0 Å². The highest BCUT2D eigenvalue weighted by Gasteiger charge is 2.23. The topological polar surface area (TPSA) is 76.1 Å². The summed E-state index contributed by atoms with van der Waals surface area (Å²) in [6.07, 6.45) is 6.17. The second kappa shape index (κ2) is 6.03. The number of anilines is 1. The third kappa shape index (κ3) is 2.75. The molecule has 0 bridgehead atoms. The van der Waals surface area contributed by atoms with Crippen LogP contribution in [-0.4, -0.2) is 22.3 Å². The molecule has 6 nitrogen and oxygen atoms in total. The zero-order chi connectivity index (χ0) is 16.5. The second-order valence-corrected chi connectivity index (χ2v) is 6.26. The Morgan fingerprint density at radius 3 is 2.88 bits per heavy atom. The lowest BCUT2D eigenvalue weighted by molar-refractivity contribution is -0.113. The van der Waals surface area contributed by atoms with E-state index in [0.29, 0.717) is 11.4 Å². The van der Waals surface area contributed by atoms with Gasteiger partial charge in [0.05, 0.1) is 11.6 Å². The van der Waals surface area contributed by atoms with Crippen molar-refractivity contribution >= 4 is 17.8 Å². The second-order valence-electron chi connectivity index (χ2n) is 6.26. The van der Waals surface area contributed by atoms with Crippen LogP contribution in [0.25, 0.3) is 6.08 Å². The summed E-state index contributed by atoms with van der Waals surface area (Å²) in [5, 5.41) is 5.66. The summed E-state index contributed by atoms with van der Waals surface area (Å²) < 4.78 is 7.42. The Balaban J connectivity index is 1.57. The zero-order valence-electron chi connectivity index (χ0n) is 13.2. The fraction of sp³-hybridized carbons (Fsp3) is 0.333. The number of amides is 1. The monoisotopic (exact) mass is 325 g/mol. The van der Waals surface area contributed by atoms with Gasteiger partial charge >= 0.3 is 0 Å². The van der Waals surface area contributed by atoms with Crippen molar-refractivity contribution in [3.05, 3.63) is 51.8 Å². The van der Waals surface area contributed by atoms with Gasteiger partial charge < -0.3 is 10.1 Å². The molecule has 1 aromatic heterocycles. The average Bonchev–Trinajstić information content (AvgIpc) is 3.24. The fourth-order valence-electron chi connectivity index (χ4n) is 3.40. The molecule has 2 N–H and O–H groups in total. The molecule has 24 heavy (non-hydrogen) atoms. The van der Waals surface area contributed by atoms with Gasteiger partial charge in [-0.3, -0.25) is 19.4 Å². The van der Waals surface area contributed by atoms with Crippen LogP contribution in [0.15, 0.2) is 40.7 Å². The predicted octanol–water partition coefficient (Wildman–Crippen LogP) is 2.71. The molecule has 1 aliphatic heterocycles. The Morgan fingerprint density at radius 2 is 2.04 bits per heavy atom. The van der Waals surface area contributed by atoms with Gasteiger partial charge in [-0.1, -0.05) is 31.0 Å². The van der Waals surface area contributed by atoms with Crippen LogP contribution in [0.5, 0.6) is 5.75 Å². The standard InChI is InChI=1S/C18H19N3O3/c22-17-10-16(21(20-17)14-6-2-3-7-14)19-18(23)13-9-12-5-1-4-8-15(12)24-11-13/h1,4-5,8-10,14H,2-3,6-7,11H2,(H,19,23)(H,20,22). The lowest BCUT2D eigenvalue weighted by Gasteiger charge is -2.19. The first kappa shape index (κ1) is 14.8. The van der Waals surface area contributed by atoms with E-state index in [1.54, 1.807) is 4.68 Å². The summed E-state index contributed by atoms with van der Waals surface area (Å²) >= 11 is 0. The molecular formula is C18H19N3O3. The number of para-hydroxylation sites is 1. The van der Waals surface area contributed by atoms with E-state index in [2.05, 4.69) is 10.4 Å². The molecule has 1 aromatic carbocycles. The maximum atomic E-state index is 12.6. The van der Waals surface area contributed by atoms with Gasteiger partial charge in [0.2, 0.25) is 0 Å². The summed E-state index contributed by atoms with van der Waals surface area (Å²) in [4.78, 5) is 24.3. The highest BCUT2D eigenvalue weighted by atomic mass is 16.5. The molecule has 2 heterocycles. The third-order valence-electron chi connectivity index (χ3n) is 4.61. The molecule has 1 aliphatic carbocycles. The molecule has 0 radical (unpaired) electrons. The number of ether oxygens (including phenoxy) is 1. The van der Waals surface area contributed by atoms with E-state index in [1.165, 1.54) is 6.07 Å². The number of carbonyl (C=O) groups excluding carboxylic acids is 1. The van der Waals surface area contributed by atoms with Gasteiger partial charge in [-0.05, 0) is 25.0 Å². The van der Waals surface area contributed by atoms with Gasteiger partial charge in [0, 0.05) is 11.6 Å². The van der Waals surface area contributed by atoms with Gasteiger partial charge in [0.1, 0.15) is 18.2 Å². The van der Waals surface area contributed by atoms with Gasteiger partial charge in [0.15, 0.2) is 0 Å². The number of hydrogen-bond acceptors (Lipinski definition) is 3. The van der Waals surface area contributed by atoms with Gasteiger partial charge in [-0.25, -0.2) is 0 Å². The minimum atomic E-state index is -0.241. The first-order valence-electron chi connectivity index (χ1n) is 8.26. The quantitative estimate of drug-likeness (QED) is 0.911. The molecular weight excluding hydrogens is 306 g/mol. The van der Waals surface area contributed by atoms with Crippen molar-refractivity contribution in [3.63, 3.8) is 0 Å². The van der Waals surface area contributed by atoms with E-state index >= 15 is 0 Å². The van der Waals surface area contributed by atoms with Crippen molar-refractivity contribution in [3.8, 4) is 5.75 Å². The largest absolute Gasteiger partial charge is 0.488 e. The maximum absolute atomic E-state index is 12.6. The number of H-pyrrole nitrogens is 1. The summed E-state index contributed by atoms with van der Waals surface area (Å²) in [6, 6.07) is 9.28. The number of benzene rings is 1. The normalized spacial score (nSPS) is 17.1. The minimum Gasteiger partial charge on any atom is -0.488 e. The van der Waals surface area contributed by atoms with Crippen LogP contribution < -0.4 is 15.6 Å². The molecule has 4 rings (SSSR count). The highest BCUT2D eigenvalue weighted by molar-refractivity contribution is 6.07. The number of aromatic amines is 1. The van der Waals surface area contributed by atoms with Crippen LogP contribution in [0, 0.1) is 0 Å². The van der Waals surface area contributed by atoms with Crippen molar-refractivity contribution in [2.45, 2.75) is 31.7 Å². The van der Waals surface area contributed by atoms with E-state index in [9.17, 15) is 9.59 Å². The predicted molar refractivity (Wildman–Crippen MR) is 91.1 cm³/mol. The van der Waals surface area contributed by atoms with Crippen molar-refractivity contribution in [1.82, 2.24) is 9.78 Å². The summed E-state index contributed by atoms with van der Waals surface area (Å²) in [7, 11) is 0. The summed E-state index contributed by atoms with van der Waals surface area (Å²) in [5.74, 6) is 1.06. The lowest BCUT2D eigenvalue weighted by atomic mass is 10.1. The van der Waals surface area contributed by atoms with Crippen molar-refractivity contribution < 1.29 is 9.53 Å². The van der Waals surface area contributed by atoms with E-state index in [1.807, 2.05) is 30.3 Å². The SMILES string of the molecule is O=C(Nc1cc(=O)[nH]n1C1CCCC1)C1=Cc2ccccc2OC1. The van der Waals surface area contributed by atoms with Crippen LogP contribution in [-0.2, 0) is 4.79 Å². The van der Waals surface area contributed by atoms with Crippen molar-refractivity contribution in [2.24, 2.45) is 0 Å². The number of carbonyl (C=O) groups is 1. The minimum absolute atomic E-state index is 0.198. The Kier molecular flexibility index (Phi) is 3.72. The lowest BCUT2D eigenvalue weighted by Crippen LogP contribution is -2.23. The smallest absolute Gasteiger partial charge is 0.266 e. The molecule has 2 aromatic rings.